The van der Waals surface area contributed by atoms with Crippen LogP contribution in [0.15, 0.2) is 11.4 Å². The number of alkyl halides is 3. The molecule has 0 atom stereocenters. The van der Waals surface area contributed by atoms with E-state index in [0.717, 1.165) is 0 Å². The summed E-state index contributed by atoms with van der Waals surface area (Å²) < 4.78 is 36.2. The number of hydrogen-bond acceptors (Lipinski definition) is 3. The van der Waals surface area contributed by atoms with Gasteiger partial charge in [-0.05, 0) is 11.4 Å². The maximum Gasteiger partial charge on any atom is 0.396 e. The minimum atomic E-state index is -4.31. The number of fused-ring (bicyclic) bond motifs is 1. The highest BCUT2D eigenvalue weighted by Gasteiger charge is 2.29. The van der Waals surface area contributed by atoms with E-state index in [1.165, 1.54) is 11.3 Å². The molecule has 0 unspecified atom stereocenters. The van der Waals surface area contributed by atoms with Gasteiger partial charge < -0.3 is 0 Å². The summed E-state index contributed by atoms with van der Waals surface area (Å²) >= 11 is 6.96. The summed E-state index contributed by atoms with van der Waals surface area (Å²) in [6.45, 7) is 0. The Morgan fingerprint density at radius 3 is 2.73 bits per heavy atom. The van der Waals surface area contributed by atoms with E-state index in [9.17, 15) is 13.2 Å². The molecule has 0 N–H and O–H groups in total. The topological polar surface area (TPSA) is 25.8 Å². The zero-order valence-electron chi connectivity index (χ0n) is 7.18. The fourth-order valence-electron chi connectivity index (χ4n) is 1.12. The monoisotopic (exact) mass is 252 g/mol. The molecule has 2 nitrogen and oxygen atoms in total. The second-order valence-electron chi connectivity index (χ2n) is 2.86. The summed E-state index contributed by atoms with van der Waals surface area (Å²) in [4.78, 5) is 7.87. The third-order valence-corrected chi connectivity index (χ3v) is 2.78. The van der Waals surface area contributed by atoms with Gasteiger partial charge in [0, 0.05) is 5.39 Å². The first-order valence-corrected chi connectivity index (χ1v) is 5.18. The molecule has 0 aliphatic heterocycles. The van der Waals surface area contributed by atoms with E-state index in [1.807, 2.05) is 0 Å². The van der Waals surface area contributed by atoms with Crippen LogP contribution in [0.2, 0.25) is 5.15 Å². The lowest BCUT2D eigenvalue weighted by Gasteiger charge is -2.05. The number of thiophene rings is 1. The highest BCUT2D eigenvalue weighted by molar-refractivity contribution is 7.16. The first kappa shape index (κ1) is 10.6. The Morgan fingerprint density at radius 1 is 1.33 bits per heavy atom. The lowest BCUT2D eigenvalue weighted by atomic mass is 10.3. The Bertz CT molecular complexity index is 494. The van der Waals surface area contributed by atoms with Crippen LogP contribution in [0.4, 0.5) is 13.2 Å². The molecule has 0 saturated carbocycles. The summed E-state index contributed by atoms with van der Waals surface area (Å²) in [5, 5.41) is 2.37. The highest BCUT2D eigenvalue weighted by Crippen LogP contribution is 2.27. The molecule has 7 heteroatoms. The zero-order valence-corrected chi connectivity index (χ0v) is 8.75. The zero-order chi connectivity index (χ0) is 11.1. The van der Waals surface area contributed by atoms with E-state index < -0.39 is 12.6 Å². The lowest BCUT2D eigenvalue weighted by molar-refractivity contribution is -0.128. The normalized spacial score (nSPS) is 12.3. The number of rotatable bonds is 1. The van der Waals surface area contributed by atoms with Crippen LogP contribution in [0.3, 0.4) is 0 Å². The number of nitrogens with zero attached hydrogens (tertiary/aromatic N) is 2. The van der Waals surface area contributed by atoms with Crippen molar-refractivity contribution in [1.29, 1.82) is 0 Å². The summed E-state index contributed by atoms with van der Waals surface area (Å²) in [5.41, 5.74) is 0. The second-order valence-corrected chi connectivity index (χ2v) is 4.11. The van der Waals surface area contributed by atoms with Crippen molar-refractivity contribution in [2.24, 2.45) is 0 Å². The molecule has 0 amide bonds. The molecule has 80 valence electrons. The second kappa shape index (κ2) is 3.61. The molecule has 15 heavy (non-hydrogen) atoms. The highest BCUT2D eigenvalue weighted by atomic mass is 35.5. The summed E-state index contributed by atoms with van der Waals surface area (Å²) in [7, 11) is 0. The van der Waals surface area contributed by atoms with Gasteiger partial charge >= 0.3 is 6.18 Å². The minimum absolute atomic E-state index is 0.0699. The van der Waals surface area contributed by atoms with Crippen LogP contribution in [-0.4, -0.2) is 16.1 Å². The first-order chi connectivity index (χ1) is 6.96. The van der Waals surface area contributed by atoms with Crippen molar-refractivity contribution in [3.63, 3.8) is 0 Å². The van der Waals surface area contributed by atoms with Gasteiger partial charge in [-0.15, -0.1) is 11.3 Å². The fraction of sp³-hybridized carbons (Fsp3) is 0.250. The molecule has 2 rings (SSSR count). The Hall–Kier alpha value is -0.880. The van der Waals surface area contributed by atoms with E-state index in [0.29, 0.717) is 10.2 Å². The van der Waals surface area contributed by atoms with Crippen molar-refractivity contribution in [2.75, 3.05) is 0 Å². The van der Waals surface area contributed by atoms with Gasteiger partial charge in [0.15, 0.2) is 0 Å². The minimum Gasteiger partial charge on any atom is -0.222 e. The maximum atomic E-state index is 12.1. The molecular formula is C8H4ClF3N2S. The third kappa shape index (κ3) is 2.38. The predicted octanol–water partition coefficient (Wildman–Crippen LogP) is 3.45. The number of aromatic nitrogens is 2. The molecule has 0 bridgehead atoms. The van der Waals surface area contributed by atoms with Crippen molar-refractivity contribution in [1.82, 2.24) is 9.97 Å². The predicted molar refractivity (Wildman–Crippen MR) is 52.2 cm³/mol. The molecule has 0 aromatic carbocycles. The van der Waals surface area contributed by atoms with Crippen molar-refractivity contribution in [3.05, 3.63) is 22.4 Å². The van der Waals surface area contributed by atoms with E-state index in [-0.39, 0.29) is 11.0 Å². The number of hydrogen-bond donors (Lipinski definition) is 0. The van der Waals surface area contributed by atoms with Gasteiger partial charge in [0.25, 0.3) is 0 Å². The van der Waals surface area contributed by atoms with Crippen LogP contribution in [0.5, 0.6) is 0 Å². The SMILES string of the molecule is FC(F)(F)Cc1nc(Cl)c2ccsc2n1. The van der Waals surface area contributed by atoms with Gasteiger partial charge in [0.2, 0.25) is 0 Å². The molecule has 0 spiro atoms. The van der Waals surface area contributed by atoms with E-state index >= 15 is 0 Å². The molecule has 0 radical (unpaired) electrons. The average molecular weight is 253 g/mol. The van der Waals surface area contributed by atoms with Gasteiger partial charge in [-0.2, -0.15) is 13.2 Å². The van der Waals surface area contributed by atoms with Gasteiger partial charge in [0.1, 0.15) is 22.2 Å². The molecule has 2 heterocycles. The van der Waals surface area contributed by atoms with Gasteiger partial charge in [0.05, 0.1) is 0 Å². The Morgan fingerprint density at radius 2 is 2.07 bits per heavy atom. The lowest BCUT2D eigenvalue weighted by Crippen LogP contribution is -2.14. The van der Waals surface area contributed by atoms with Gasteiger partial charge in [-0.1, -0.05) is 11.6 Å². The van der Waals surface area contributed by atoms with Crippen molar-refractivity contribution < 1.29 is 13.2 Å². The Balaban J connectivity index is 2.45. The summed E-state index contributed by atoms with van der Waals surface area (Å²) in [5.74, 6) is -0.289. The van der Waals surface area contributed by atoms with Crippen LogP contribution in [0.25, 0.3) is 10.2 Å². The van der Waals surface area contributed by atoms with Crippen LogP contribution >= 0.6 is 22.9 Å². The third-order valence-electron chi connectivity index (χ3n) is 1.68. The van der Waals surface area contributed by atoms with Gasteiger partial charge in [-0.25, -0.2) is 9.97 Å². The van der Waals surface area contributed by atoms with E-state index in [2.05, 4.69) is 9.97 Å². The molecule has 0 aliphatic rings. The molecule has 0 fully saturated rings. The Labute approximate surface area is 91.7 Å². The van der Waals surface area contributed by atoms with Crippen molar-refractivity contribution in [2.45, 2.75) is 12.6 Å². The quantitative estimate of drug-likeness (QED) is 0.727. The molecule has 2 aromatic rings. The largest absolute Gasteiger partial charge is 0.396 e. The van der Waals surface area contributed by atoms with Crippen LogP contribution in [0, 0.1) is 0 Å². The Kier molecular flexibility index (Phi) is 2.56. The smallest absolute Gasteiger partial charge is 0.222 e. The van der Waals surface area contributed by atoms with Crippen LogP contribution in [-0.2, 0) is 6.42 Å². The summed E-state index contributed by atoms with van der Waals surface area (Å²) in [6, 6.07) is 1.68. The van der Waals surface area contributed by atoms with Crippen molar-refractivity contribution >= 4 is 33.2 Å². The van der Waals surface area contributed by atoms with E-state index in [1.54, 1.807) is 11.4 Å². The summed E-state index contributed by atoms with van der Waals surface area (Å²) in [6.07, 6.45) is -5.46. The fourth-order valence-corrected chi connectivity index (χ4v) is 2.21. The van der Waals surface area contributed by atoms with Crippen molar-refractivity contribution in [3.8, 4) is 0 Å². The molecule has 2 aromatic heterocycles. The number of halogens is 4. The van der Waals surface area contributed by atoms with Crippen LogP contribution in [0.1, 0.15) is 5.82 Å². The maximum absolute atomic E-state index is 12.1. The molecule has 0 aliphatic carbocycles. The van der Waals surface area contributed by atoms with Crippen LogP contribution < -0.4 is 0 Å². The van der Waals surface area contributed by atoms with E-state index in [4.69, 9.17) is 11.6 Å². The molecular weight excluding hydrogens is 249 g/mol. The molecule has 0 saturated heterocycles. The standard InChI is InChI=1S/C8H4ClF3N2S/c9-6-4-1-2-15-7(4)14-5(13-6)3-8(10,11)12/h1-2H,3H2. The first-order valence-electron chi connectivity index (χ1n) is 3.92. The average Bonchev–Trinajstić information content (AvgIpc) is 2.48. The van der Waals surface area contributed by atoms with Gasteiger partial charge in [-0.3, -0.25) is 0 Å².